The summed E-state index contributed by atoms with van der Waals surface area (Å²) in [6.45, 7) is 5.58. The van der Waals surface area contributed by atoms with Crippen LogP contribution in [-0.2, 0) is 4.74 Å². The first-order valence-electron chi connectivity index (χ1n) is 10.1. The first kappa shape index (κ1) is 19.8. The molecule has 27 heavy (non-hydrogen) atoms. The van der Waals surface area contributed by atoms with Crippen LogP contribution in [0.1, 0.15) is 55.8 Å². The standard InChI is InChI=1S/C21H31N3O3/c1-17(25)18-7-6-8-19(15-18)23-20(26)22-16-21(9-4-2-3-5-10-21)24-11-13-27-14-12-24/h6-8,15H,2-5,9-14,16H2,1H3,(H2,22,23,26). The van der Waals surface area contributed by atoms with Gasteiger partial charge in [0.15, 0.2) is 5.78 Å². The molecular formula is C21H31N3O3. The second-order valence-corrected chi connectivity index (χ2v) is 7.68. The van der Waals surface area contributed by atoms with Gasteiger partial charge in [0, 0.05) is 36.4 Å². The Balaban J connectivity index is 1.63. The van der Waals surface area contributed by atoms with Crippen molar-refractivity contribution in [3.05, 3.63) is 29.8 Å². The Kier molecular flexibility index (Phi) is 6.85. The minimum atomic E-state index is -0.215. The SMILES string of the molecule is CC(=O)c1cccc(NC(=O)NCC2(N3CCOCC3)CCCCCC2)c1. The third kappa shape index (κ3) is 5.30. The highest BCUT2D eigenvalue weighted by Crippen LogP contribution is 2.32. The fourth-order valence-electron chi connectivity index (χ4n) is 4.27. The lowest BCUT2D eigenvalue weighted by molar-refractivity contribution is -0.0275. The second-order valence-electron chi connectivity index (χ2n) is 7.68. The lowest BCUT2D eigenvalue weighted by atomic mass is 9.87. The minimum absolute atomic E-state index is 0.0104. The molecule has 2 N–H and O–H groups in total. The van der Waals surface area contributed by atoms with Crippen LogP contribution in [0.5, 0.6) is 0 Å². The second kappa shape index (κ2) is 9.33. The topological polar surface area (TPSA) is 70.7 Å². The van der Waals surface area contributed by atoms with Crippen molar-refractivity contribution in [1.29, 1.82) is 0 Å². The molecule has 1 saturated carbocycles. The molecule has 2 amide bonds. The number of nitrogens with zero attached hydrogens (tertiary/aromatic N) is 1. The van der Waals surface area contributed by atoms with Crippen LogP contribution < -0.4 is 10.6 Å². The van der Waals surface area contributed by atoms with Gasteiger partial charge in [-0.25, -0.2) is 4.79 Å². The van der Waals surface area contributed by atoms with Gasteiger partial charge in [-0.3, -0.25) is 9.69 Å². The van der Waals surface area contributed by atoms with Gasteiger partial charge in [-0.1, -0.05) is 37.8 Å². The molecule has 1 heterocycles. The Bertz CT molecular complexity index is 648. The third-order valence-electron chi connectivity index (χ3n) is 5.82. The molecule has 1 aliphatic heterocycles. The van der Waals surface area contributed by atoms with Crippen LogP contribution in [0.15, 0.2) is 24.3 Å². The van der Waals surface area contributed by atoms with Gasteiger partial charge in [0.25, 0.3) is 0 Å². The molecule has 1 saturated heterocycles. The van der Waals surface area contributed by atoms with Crippen molar-refractivity contribution in [1.82, 2.24) is 10.2 Å². The molecule has 6 nitrogen and oxygen atoms in total. The van der Waals surface area contributed by atoms with Gasteiger partial charge in [-0.15, -0.1) is 0 Å². The summed E-state index contributed by atoms with van der Waals surface area (Å²) in [6, 6.07) is 6.84. The molecule has 3 rings (SSSR count). The quantitative estimate of drug-likeness (QED) is 0.613. The van der Waals surface area contributed by atoms with Crippen molar-refractivity contribution in [3.63, 3.8) is 0 Å². The number of carbonyl (C=O) groups excluding carboxylic acids is 2. The van der Waals surface area contributed by atoms with E-state index in [0.29, 0.717) is 17.8 Å². The van der Waals surface area contributed by atoms with Crippen molar-refractivity contribution in [3.8, 4) is 0 Å². The Labute approximate surface area is 161 Å². The number of ether oxygens (including phenoxy) is 1. The summed E-state index contributed by atoms with van der Waals surface area (Å²) in [6.07, 6.45) is 7.20. The predicted octanol–water partition coefficient (Wildman–Crippen LogP) is 3.44. The van der Waals surface area contributed by atoms with E-state index >= 15 is 0 Å². The summed E-state index contributed by atoms with van der Waals surface area (Å²) >= 11 is 0. The Hall–Kier alpha value is -1.92. The zero-order valence-electron chi connectivity index (χ0n) is 16.3. The zero-order chi connectivity index (χ0) is 19.1. The number of hydrogen-bond acceptors (Lipinski definition) is 4. The van der Waals surface area contributed by atoms with Crippen LogP contribution in [0, 0.1) is 0 Å². The van der Waals surface area contributed by atoms with Crippen LogP contribution in [0.4, 0.5) is 10.5 Å². The average molecular weight is 373 g/mol. The molecule has 0 unspecified atom stereocenters. The number of urea groups is 1. The number of hydrogen-bond donors (Lipinski definition) is 2. The van der Waals surface area contributed by atoms with Crippen LogP contribution >= 0.6 is 0 Å². The van der Waals surface area contributed by atoms with E-state index < -0.39 is 0 Å². The van der Waals surface area contributed by atoms with E-state index in [-0.39, 0.29) is 17.4 Å². The van der Waals surface area contributed by atoms with Gasteiger partial charge in [-0.2, -0.15) is 0 Å². The summed E-state index contributed by atoms with van der Waals surface area (Å²) in [4.78, 5) is 26.5. The lowest BCUT2D eigenvalue weighted by Gasteiger charge is -2.45. The van der Waals surface area contributed by atoms with Gasteiger partial charge in [0.05, 0.1) is 13.2 Å². The predicted molar refractivity (Wildman–Crippen MR) is 106 cm³/mol. The molecule has 2 fully saturated rings. The number of nitrogens with one attached hydrogen (secondary N) is 2. The van der Waals surface area contributed by atoms with E-state index in [0.717, 1.165) is 39.1 Å². The maximum Gasteiger partial charge on any atom is 0.319 e. The zero-order valence-corrected chi connectivity index (χ0v) is 16.3. The van der Waals surface area contributed by atoms with Crippen molar-refractivity contribution in [2.24, 2.45) is 0 Å². The summed E-state index contributed by atoms with van der Waals surface area (Å²) in [5.41, 5.74) is 1.27. The van der Waals surface area contributed by atoms with E-state index in [1.54, 1.807) is 24.3 Å². The number of ketones is 1. The summed E-state index contributed by atoms with van der Waals surface area (Å²) < 4.78 is 5.53. The monoisotopic (exact) mass is 373 g/mol. The van der Waals surface area contributed by atoms with Crippen molar-refractivity contribution >= 4 is 17.5 Å². The van der Waals surface area contributed by atoms with E-state index in [4.69, 9.17) is 4.74 Å². The van der Waals surface area contributed by atoms with Crippen molar-refractivity contribution in [2.45, 2.75) is 51.0 Å². The number of anilines is 1. The molecule has 0 bridgehead atoms. The fraction of sp³-hybridized carbons (Fsp3) is 0.619. The van der Waals surface area contributed by atoms with Crippen LogP contribution in [-0.4, -0.2) is 55.1 Å². The number of carbonyl (C=O) groups is 2. The minimum Gasteiger partial charge on any atom is -0.379 e. The van der Waals surface area contributed by atoms with Crippen molar-refractivity contribution < 1.29 is 14.3 Å². The summed E-state index contributed by atoms with van der Waals surface area (Å²) in [5.74, 6) is -0.0104. The summed E-state index contributed by atoms with van der Waals surface area (Å²) in [7, 11) is 0. The molecule has 0 atom stereocenters. The van der Waals surface area contributed by atoms with E-state index in [1.165, 1.54) is 32.6 Å². The van der Waals surface area contributed by atoms with Crippen LogP contribution in [0.3, 0.4) is 0 Å². The normalized spacial score (nSPS) is 20.5. The Morgan fingerprint density at radius 1 is 1.11 bits per heavy atom. The van der Waals surface area contributed by atoms with Gasteiger partial charge >= 0.3 is 6.03 Å². The Morgan fingerprint density at radius 2 is 1.81 bits per heavy atom. The third-order valence-corrected chi connectivity index (χ3v) is 5.82. The molecule has 148 valence electrons. The highest BCUT2D eigenvalue weighted by molar-refractivity contribution is 5.96. The van der Waals surface area contributed by atoms with Crippen molar-refractivity contribution in [2.75, 3.05) is 38.2 Å². The summed E-state index contributed by atoms with van der Waals surface area (Å²) in [5, 5.41) is 5.97. The first-order chi connectivity index (χ1) is 13.1. The van der Waals surface area contributed by atoms with Crippen LogP contribution in [0.2, 0.25) is 0 Å². The van der Waals surface area contributed by atoms with Gasteiger partial charge in [0.1, 0.15) is 0 Å². The highest BCUT2D eigenvalue weighted by Gasteiger charge is 2.38. The molecule has 1 aromatic carbocycles. The molecule has 6 heteroatoms. The molecule has 0 aromatic heterocycles. The number of amides is 2. The largest absolute Gasteiger partial charge is 0.379 e. The maximum atomic E-state index is 12.5. The number of benzene rings is 1. The van der Waals surface area contributed by atoms with Gasteiger partial charge < -0.3 is 15.4 Å². The lowest BCUT2D eigenvalue weighted by Crippen LogP contribution is -2.59. The van der Waals surface area contributed by atoms with E-state index in [2.05, 4.69) is 15.5 Å². The molecule has 0 spiro atoms. The van der Waals surface area contributed by atoms with Crippen LogP contribution in [0.25, 0.3) is 0 Å². The maximum absolute atomic E-state index is 12.5. The van der Waals surface area contributed by atoms with Gasteiger partial charge in [0.2, 0.25) is 0 Å². The number of morpholine rings is 1. The van der Waals surface area contributed by atoms with Gasteiger partial charge in [-0.05, 0) is 31.9 Å². The molecule has 2 aliphatic rings. The fourth-order valence-corrected chi connectivity index (χ4v) is 4.27. The number of Topliss-reactive ketones (excluding diaryl/α,β-unsaturated/α-hetero) is 1. The molecule has 1 aliphatic carbocycles. The molecular weight excluding hydrogens is 342 g/mol. The first-order valence-corrected chi connectivity index (χ1v) is 10.1. The van der Waals surface area contributed by atoms with E-state index in [9.17, 15) is 9.59 Å². The molecule has 1 aromatic rings. The van der Waals surface area contributed by atoms with E-state index in [1.807, 2.05) is 0 Å². The smallest absolute Gasteiger partial charge is 0.319 e. The number of rotatable bonds is 5. The molecule has 0 radical (unpaired) electrons. The average Bonchev–Trinajstić information content (AvgIpc) is 2.94. The highest BCUT2D eigenvalue weighted by atomic mass is 16.5. The Morgan fingerprint density at radius 3 is 2.48 bits per heavy atom.